The number of ether oxygens (including phenoxy) is 3. The summed E-state index contributed by atoms with van der Waals surface area (Å²) in [6, 6.07) is 30.5. The zero-order valence-electron chi connectivity index (χ0n) is 19.1. The van der Waals surface area contributed by atoms with Gasteiger partial charge in [-0.15, -0.1) is 10.2 Å². The van der Waals surface area contributed by atoms with E-state index in [2.05, 4.69) is 42.5 Å². The zero-order valence-corrected chi connectivity index (χ0v) is 19.9. The number of fused-ring (bicyclic) bond motifs is 1. The second-order valence-corrected chi connectivity index (χ2v) is 8.41. The first-order chi connectivity index (χ1) is 17.4. The van der Waals surface area contributed by atoms with Crippen LogP contribution in [0.3, 0.4) is 0 Å². The summed E-state index contributed by atoms with van der Waals surface area (Å²) >= 11 is 0. The molecule has 0 unspecified atom stereocenters. The van der Waals surface area contributed by atoms with E-state index in [-0.39, 0.29) is 0 Å². The number of halogens is 1. The summed E-state index contributed by atoms with van der Waals surface area (Å²) in [5.74, 6) is 3.09. The van der Waals surface area contributed by atoms with Crippen LogP contribution >= 0.6 is 0 Å². The Hall–Kier alpha value is -3.50. The van der Waals surface area contributed by atoms with Gasteiger partial charge in [0.25, 0.3) is 0 Å². The molecular weight excluding hydrogens is 488 g/mol. The van der Waals surface area contributed by atoms with Gasteiger partial charge in [-0.3, -0.25) is 0 Å². The molecule has 0 spiro atoms. The van der Waals surface area contributed by atoms with Gasteiger partial charge in [-0.25, -0.2) is 23.1 Å². The maximum absolute atomic E-state index is 8.49. The van der Waals surface area contributed by atoms with Crippen LogP contribution in [0.5, 0.6) is 11.5 Å². The largest absolute Gasteiger partial charge is 0.487 e. The van der Waals surface area contributed by atoms with Crippen LogP contribution in [0.4, 0.5) is 0 Å². The van der Waals surface area contributed by atoms with Crippen molar-refractivity contribution in [2.45, 2.75) is 0 Å². The van der Waals surface area contributed by atoms with E-state index in [9.17, 15) is 0 Å². The lowest BCUT2D eigenvalue weighted by Gasteiger charge is -2.17. The summed E-state index contributed by atoms with van der Waals surface area (Å²) < 4.78 is 57.5. The average Bonchev–Trinajstić information content (AvgIpc) is 3.00. The van der Waals surface area contributed by atoms with E-state index in [1.54, 1.807) is 0 Å². The molecule has 9 heteroatoms. The number of hydrogen-bond acceptors (Lipinski definition) is 7. The molecule has 0 amide bonds. The molecule has 2 heterocycles. The minimum absolute atomic E-state index is 0.495. The quantitative estimate of drug-likeness (QED) is 0.380. The van der Waals surface area contributed by atoms with Crippen molar-refractivity contribution in [2.24, 2.45) is 0 Å². The van der Waals surface area contributed by atoms with E-state index < -0.39 is 10.2 Å². The number of benzene rings is 3. The Kier molecular flexibility index (Phi) is 8.50. The Morgan fingerprint density at radius 3 is 1.56 bits per heavy atom. The van der Waals surface area contributed by atoms with Crippen molar-refractivity contribution in [1.29, 1.82) is 0 Å². The van der Waals surface area contributed by atoms with Crippen LogP contribution in [0.2, 0.25) is 0 Å². The first-order valence-corrected chi connectivity index (χ1v) is 12.3. The van der Waals surface area contributed by atoms with Crippen molar-refractivity contribution in [3.05, 3.63) is 91.0 Å². The summed E-state index contributed by atoms with van der Waals surface area (Å²) in [7, 11) is -4.94. The molecule has 1 aliphatic heterocycles. The third-order valence-corrected chi connectivity index (χ3v) is 5.16. The lowest BCUT2D eigenvalue weighted by atomic mass is 10.0. The van der Waals surface area contributed by atoms with Gasteiger partial charge in [-0.1, -0.05) is 42.5 Å². The molecule has 0 N–H and O–H groups in total. The fraction of sp³-hybridized carbons (Fsp3) is 0.148. The first kappa shape index (κ1) is 25.6. The molecule has 36 heavy (non-hydrogen) atoms. The van der Waals surface area contributed by atoms with Gasteiger partial charge in [-0.05, 0) is 42.0 Å². The number of hydrogen-bond donors (Lipinski definition) is 0. The van der Waals surface area contributed by atoms with Gasteiger partial charge in [0.15, 0.2) is 11.5 Å². The normalized spacial score (nSPS) is 13.4. The molecule has 0 bridgehead atoms. The van der Waals surface area contributed by atoms with Crippen LogP contribution in [-0.4, -0.2) is 26.4 Å². The van der Waals surface area contributed by atoms with Crippen LogP contribution in [-0.2, 0) is 4.74 Å². The summed E-state index contributed by atoms with van der Waals surface area (Å²) in [4.78, 5) is 0. The molecule has 0 saturated heterocycles. The molecule has 0 aliphatic carbocycles. The predicted molar refractivity (Wildman–Crippen MR) is 121 cm³/mol. The maximum atomic E-state index is 8.49. The monoisotopic (exact) mass is 510 g/mol. The molecule has 8 nitrogen and oxygen atoms in total. The molecule has 1 aromatic heterocycles. The second-order valence-electron chi connectivity index (χ2n) is 7.66. The molecular formula is C27H23ClO8. The molecule has 0 fully saturated rings. The highest BCUT2D eigenvalue weighted by molar-refractivity contribution is 5.75. The molecule has 1 aliphatic rings. The van der Waals surface area contributed by atoms with Gasteiger partial charge in [0.05, 0.1) is 36.5 Å². The highest BCUT2D eigenvalue weighted by Crippen LogP contribution is 2.37. The third kappa shape index (κ3) is 7.50. The third-order valence-electron chi connectivity index (χ3n) is 5.16. The fourth-order valence-electron chi connectivity index (χ4n) is 3.60. The van der Waals surface area contributed by atoms with E-state index >= 15 is 0 Å². The Balaban J connectivity index is 0.000000556. The molecule has 0 atom stereocenters. The van der Waals surface area contributed by atoms with Gasteiger partial charge in [0, 0.05) is 5.56 Å². The molecule has 186 valence electrons. The van der Waals surface area contributed by atoms with E-state index in [1.165, 1.54) is 0 Å². The van der Waals surface area contributed by atoms with Crippen molar-refractivity contribution >= 4 is 0 Å². The van der Waals surface area contributed by atoms with Gasteiger partial charge >= 0.3 is 11.5 Å². The smallest absolute Gasteiger partial charge is 0.361 e. The Morgan fingerprint density at radius 1 is 0.528 bits per heavy atom. The van der Waals surface area contributed by atoms with Gasteiger partial charge < -0.3 is 14.2 Å². The second kappa shape index (κ2) is 12.0. The predicted octanol–water partition coefficient (Wildman–Crippen LogP) is 1.59. The van der Waals surface area contributed by atoms with Gasteiger partial charge in [0.1, 0.15) is 13.2 Å². The van der Waals surface area contributed by atoms with E-state index in [1.807, 2.05) is 48.5 Å². The highest BCUT2D eigenvalue weighted by atomic mass is 35.7. The zero-order chi connectivity index (χ0) is 25.4. The average molecular weight is 511 g/mol. The Morgan fingerprint density at radius 2 is 1.03 bits per heavy atom. The molecule has 3 aromatic carbocycles. The minimum Gasteiger partial charge on any atom is -0.487 e. The SMILES string of the molecule is [O-][Cl+3]([O-])([O-])[O-].c1ccc(-c2cc(-c3ccc4c(c3)OCCOCCO4)cc(-c3ccccc3)[o+]2)cc1. The van der Waals surface area contributed by atoms with Crippen molar-refractivity contribution in [1.82, 2.24) is 0 Å². The lowest BCUT2D eigenvalue weighted by molar-refractivity contribution is -2.00. The van der Waals surface area contributed by atoms with Gasteiger partial charge in [-0.2, -0.15) is 0 Å². The summed E-state index contributed by atoms with van der Waals surface area (Å²) in [6.07, 6.45) is 0. The van der Waals surface area contributed by atoms with Crippen LogP contribution in [0.15, 0.2) is 95.4 Å². The molecule has 5 rings (SSSR count). The topological polar surface area (TPSA) is 131 Å². The van der Waals surface area contributed by atoms with E-state index in [4.69, 9.17) is 37.3 Å². The summed E-state index contributed by atoms with van der Waals surface area (Å²) in [5.41, 5.74) is 4.14. The summed E-state index contributed by atoms with van der Waals surface area (Å²) in [6.45, 7) is 2.11. The van der Waals surface area contributed by atoms with Crippen molar-refractivity contribution < 1.29 is 47.5 Å². The molecule has 4 aromatic rings. The first-order valence-electron chi connectivity index (χ1n) is 11.1. The standard InChI is InChI=1S/C27H23O4.ClHO4/c1-3-7-20(8-4-1)25-18-23(19-26(31-25)21-9-5-2-6-10-21)22-11-12-24-27(17-22)30-16-14-28-13-15-29-24;2-1(3,4)5/h1-12,17-19H,13-16H2;(H,2,3,4,5)/q+1;/p-1. The van der Waals surface area contributed by atoms with Gasteiger partial charge in [0.2, 0.25) is 0 Å². The van der Waals surface area contributed by atoms with E-state index in [0.717, 1.165) is 45.3 Å². The summed E-state index contributed by atoms with van der Waals surface area (Å²) in [5, 5.41) is 0. The highest BCUT2D eigenvalue weighted by Gasteiger charge is 2.21. The minimum atomic E-state index is -4.94. The Labute approximate surface area is 210 Å². The van der Waals surface area contributed by atoms with Crippen LogP contribution in [0.25, 0.3) is 33.8 Å². The number of rotatable bonds is 3. The Bertz CT molecular complexity index is 1200. The maximum Gasteiger partial charge on any atom is 0.361 e. The van der Waals surface area contributed by atoms with Crippen molar-refractivity contribution in [3.63, 3.8) is 0 Å². The van der Waals surface area contributed by atoms with Crippen LogP contribution in [0, 0.1) is 10.2 Å². The van der Waals surface area contributed by atoms with E-state index in [0.29, 0.717) is 26.4 Å². The fourth-order valence-corrected chi connectivity index (χ4v) is 3.60. The van der Waals surface area contributed by atoms with Crippen molar-refractivity contribution in [2.75, 3.05) is 26.4 Å². The van der Waals surface area contributed by atoms with Crippen LogP contribution < -0.4 is 28.1 Å². The van der Waals surface area contributed by atoms with Crippen LogP contribution in [0.1, 0.15) is 0 Å². The lowest BCUT2D eigenvalue weighted by Crippen LogP contribution is -2.68. The van der Waals surface area contributed by atoms with Crippen molar-refractivity contribution in [3.8, 4) is 45.3 Å². The molecule has 0 radical (unpaired) electrons. The molecule has 0 saturated carbocycles.